The van der Waals surface area contributed by atoms with Crippen LogP contribution in [0.1, 0.15) is 32.6 Å². The molecule has 1 heterocycles. The van der Waals surface area contributed by atoms with Gasteiger partial charge in [0.25, 0.3) is 0 Å². The van der Waals surface area contributed by atoms with Crippen molar-refractivity contribution in [1.82, 2.24) is 15.5 Å². The van der Waals surface area contributed by atoms with Crippen molar-refractivity contribution in [3.63, 3.8) is 0 Å². The molecule has 1 aliphatic heterocycles. The van der Waals surface area contributed by atoms with E-state index in [0.717, 1.165) is 64.5 Å². The van der Waals surface area contributed by atoms with Crippen LogP contribution in [-0.4, -0.2) is 62.7 Å². The molecule has 1 aliphatic carbocycles. The first kappa shape index (κ1) is 19.7. The molecule has 0 bridgehead atoms. The van der Waals surface area contributed by atoms with Crippen LogP contribution in [-0.2, 0) is 0 Å². The number of aliphatic imine (C=N–C) groups is 1. The van der Waals surface area contributed by atoms with Gasteiger partial charge in [0, 0.05) is 51.0 Å². The monoisotopic (exact) mass is 369 g/mol. The zero-order valence-corrected chi connectivity index (χ0v) is 16.7. The second-order valence-corrected chi connectivity index (χ2v) is 7.42. The number of para-hydroxylation sites is 1. The van der Waals surface area contributed by atoms with E-state index in [1.54, 1.807) is 0 Å². The van der Waals surface area contributed by atoms with Gasteiger partial charge >= 0.3 is 0 Å². The lowest BCUT2D eigenvalue weighted by molar-refractivity contribution is 0.253. The molecular formula is C22H35N5. The summed E-state index contributed by atoms with van der Waals surface area (Å²) in [4.78, 5) is 9.84. The molecule has 0 atom stereocenters. The van der Waals surface area contributed by atoms with Gasteiger partial charge in [-0.1, -0.05) is 30.4 Å². The van der Waals surface area contributed by atoms with Crippen LogP contribution >= 0.6 is 0 Å². The molecule has 0 amide bonds. The molecule has 0 aromatic heterocycles. The maximum Gasteiger partial charge on any atom is 0.191 e. The Balaban J connectivity index is 1.30. The summed E-state index contributed by atoms with van der Waals surface area (Å²) in [6.07, 6.45) is 9.09. The maximum absolute atomic E-state index is 4.75. The Morgan fingerprint density at radius 2 is 1.78 bits per heavy atom. The molecule has 1 aromatic carbocycles. The van der Waals surface area contributed by atoms with Gasteiger partial charge in [0.1, 0.15) is 0 Å². The van der Waals surface area contributed by atoms with E-state index >= 15 is 0 Å². The lowest BCUT2D eigenvalue weighted by atomic mass is 10.2. The second kappa shape index (κ2) is 11.0. The van der Waals surface area contributed by atoms with Crippen LogP contribution in [0, 0.1) is 0 Å². The van der Waals surface area contributed by atoms with Crippen LogP contribution in [0.5, 0.6) is 0 Å². The third kappa shape index (κ3) is 6.58. The largest absolute Gasteiger partial charge is 0.369 e. The highest BCUT2D eigenvalue weighted by Gasteiger charge is 2.16. The summed E-state index contributed by atoms with van der Waals surface area (Å²) in [6, 6.07) is 11.3. The number of nitrogens with zero attached hydrogens (tertiary/aromatic N) is 3. The van der Waals surface area contributed by atoms with Crippen molar-refractivity contribution < 1.29 is 0 Å². The van der Waals surface area contributed by atoms with Gasteiger partial charge < -0.3 is 15.5 Å². The number of benzene rings is 1. The average molecular weight is 370 g/mol. The summed E-state index contributed by atoms with van der Waals surface area (Å²) in [5.74, 6) is 0.975. The summed E-state index contributed by atoms with van der Waals surface area (Å²) >= 11 is 0. The number of anilines is 1. The number of hydrogen-bond acceptors (Lipinski definition) is 3. The minimum atomic E-state index is 0.517. The third-order valence-electron chi connectivity index (χ3n) is 5.34. The number of unbranched alkanes of at least 4 members (excludes halogenated alkanes) is 1. The van der Waals surface area contributed by atoms with Gasteiger partial charge in [-0.2, -0.15) is 0 Å². The van der Waals surface area contributed by atoms with Gasteiger partial charge in [0.05, 0.1) is 0 Å². The van der Waals surface area contributed by atoms with Crippen molar-refractivity contribution in [2.75, 3.05) is 50.7 Å². The van der Waals surface area contributed by atoms with Gasteiger partial charge in [-0.25, -0.2) is 0 Å². The smallest absolute Gasteiger partial charge is 0.191 e. The van der Waals surface area contributed by atoms with Crippen molar-refractivity contribution in [2.45, 2.75) is 38.6 Å². The van der Waals surface area contributed by atoms with E-state index in [-0.39, 0.29) is 0 Å². The molecule has 2 aliphatic rings. The topological polar surface area (TPSA) is 42.9 Å². The number of hydrogen-bond donors (Lipinski definition) is 2. The maximum atomic E-state index is 4.75. The number of rotatable bonds is 8. The molecule has 0 spiro atoms. The SMILES string of the molecule is CCNC(=NCCCCN1CCN(c2ccccc2)CC1)NC1CC=CC1. The minimum Gasteiger partial charge on any atom is -0.369 e. The van der Waals surface area contributed by atoms with Crippen LogP contribution in [0.3, 0.4) is 0 Å². The van der Waals surface area contributed by atoms with E-state index in [1.807, 2.05) is 0 Å². The standard InChI is InChI=1S/C22H35N5/c1-2-23-22(25-20-10-6-7-11-20)24-14-8-9-15-26-16-18-27(19-17-26)21-12-4-3-5-13-21/h3-7,12-13,20H,2,8-11,14-19H2,1H3,(H2,23,24,25). The summed E-state index contributed by atoms with van der Waals surface area (Å²) in [5, 5.41) is 6.90. The van der Waals surface area contributed by atoms with Crippen LogP contribution in [0.4, 0.5) is 5.69 Å². The van der Waals surface area contributed by atoms with Crippen molar-refractivity contribution >= 4 is 11.6 Å². The van der Waals surface area contributed by atoms with E-state index in [0.29, 0.717) is 6.04 Å². The quantitative estimate of drug-likeness (QED) is 0.320. The van der Waals surface area contributed by atoms with Gasteiger partial charge in [-0.15, -0.1) is 0 Å². The fourth-order valence-corrected chi connectivity index (χ4v) is 3.75. The Morgan fingerprint density at radius 1 is 1.04 bits per heavy atom. The van der Waals surface area contributed by atoms with Crippen molar-refractivity contribution in [1.29, 1.82) is 0 Å². The fourth-order valence-electron chi connectivity index (χ4n) is 3.75. The molecule has 0 saturated carbocycles. The zero-order chi connectivity index (χ0) is 18.7. The Labute approximate surface area is 164 Å². The number of guanidine groups is 1. The third-order valence-corrected chi connectivity index (χ3v) is 5.34. The van der Waals surface area contributed by atoms with Crippen molar-refractivity contribution in [3.05, 3.63) is 42.5 Å². The Bertz CT molecular complexity index is 582. The summed E-state index contributed by atoms with van der Waals surface area (Å²) in [5.41, 5.74) is 1.35. The van der Waals surface area contributed by atoms with Crippen molar-refractivity contribution in [2.24, 2.45) is 4.99 Å². The fraction of sp³-hybridized carbons (Fsp3) is 0.591. The summed E-state index contributed by atoms with van der Waals surface area (Å²) < 4.78 is 0. The van der Waals surface area contributed by atoms with Gasteiger partial charge in [-0.3, -0.25) is 9.89 Å². The molecular weight excluding hydrogens is 334 g/mol. The van der Waals surface area contributed by atoms with Crippen LogP contribution in [0.15, 0.2) is 47.5 Å². The molecule has 1 aromatic rings. The van der Waals surface area contributed by atoms with Crippen LogP contribution in [0.25, 0.3) is 0 Å². The van der Waals surface area contributed by atoms with E-state index in [1.165, 1.54) is 18.7 Å². The van der Waals surface area contributed by atoms with Crippen molar-refractivity contribution in [3.8, 4) is 0 Å². The predicted octanol–water partition coefficient (Wildman–Crippen LogP) is 2.86. The molecule has 0 radical (unpaired) electrons. The van der Waals surface area contributed by atoms with Gasteiger partial charge in [-0.05, 0) is 51.3 Å². The normalized spacial score (nSPS) is 18.9. The minimum absolute atomic E-state index is 0.517. The molecule has 5 nitrogen and oxygen atoms in total. The average Bonchev–Trinajstić information content (AvgIpc) is 3.22. The zero-order valence-electron chi connectivity index (χ0n) is 16.7. The lowest BCUT2D eigenvalue weighted by Crippen LogP contribution is -2.46. The van der Waals surface area contributed by atoms with Gasteiger partial charge in [0.2, 0.25) is 0 Å². The first-order valence-electron chi connectivity index (χ1n) is 10.6. The molecule has 3 rings (SSSR count). The highest BCUT2D eigenvalue weighted by molar-refractivity contribution is 5.80. The number of nitrogens with one attached hydrogen (secondary N) is 2. The van der Waals surface area contributed by atoms with E-state index in [4.69, 9.17) is 4.99 Å². The summed E-state index contributed by atoms with van der Waals surface area (Å²) in [6.45, 7) is 9.72. The first-order chi connectivity index (χ1) is 13.3. The Morgan fingerprint density at radius 3 is 2.48 bits per heavy atom. The number of piperazine rings is 1. The summed E-state index contributed by atoms with van der Waals surface area (Å²) in [7, 11) is 0. The highest BCUT2D eigenvalue weighted by atomic mass is 15.3. The first-order valence-corrected chi connectivity index (χ1v) is 10.6. The Hall–Kier alpha value is -2.01. The molecule has 5 heteroatoms. The lowest BCUT2D eigenvalue weighted by Gasteiger charge is -2.36. The molecule has 0 unspecified atom stereocenters. The van der Waals surface area contributed by atoms with E-state index in [9.17, 15) is 0 Å². The highest BCUT2D eigenvalue weighted by Crippen LogP contribution is 2.15. The Kier molecular flexibility index (Phi) is 8.03. The van der Waals surface area contributed by atoms with Crippen LogP contribution < -0.4 is 15.5 Å². The molecule has 1 fully saturated rings. The van der Waals surface area contributed by atoms with E-state index in [2.05, 4.69) is 69.8 Å². The van der Waals surface area contributed by atoms with Crippen LogP contribution in [0.2, 0.25) is 0 Å². The molecule has 148 valence electrons. The van der Waals surface area contributed by atoms with Gasteiger partial charge in [0.15, 0.2) is 5.96 Å². The molecule has 27 heavy (non-hydrogen) atoms. The van der Waals surface area contributed by atoms with E-state index < -0.39 is 0 Å². The second-order valence-electron chi connectivity index (χ2n) is 7.42. The molecule has 2 N–H and O–H groups in total. The molecule has 1 saturated heterocycles. The predicted molar refractivity (Wildman–Crippen MR) is 116 cm³/mol.